The molecule has 1 N–H and O–H groups in total. The highest BCUT2D eigenvalue weighted by Gasteiger charge is 2.25. The number of nitrogens with zero attached hydrogens (tertiary/aromatic N) is 1. The molecule has 0 aliphatic carbocycles. The Bertz CT molecular complexity index is 421. The van der Waals surface area contributed by atoms with Crippen LogP contribution in [-0.4, -0.2) is 5.10 Å². The molecule has 2 nitrogen and oxygen atoms in total. The standard InChI is InChI=1S/C11H14N2/c1-11(2,3)13-10-7-5-4-6-9(10)8-12-13/h4-8H,1-3H3/p+1. The Morgan fingerprint density at radius 2 is 1.85 bits per heavy atom. The van der Waals surface area contributed by atoms with Crippen molar-refractivity contribution in [1.82, 2.24) is 5.10 Å². The Morgan fingerprint density at radius 1 is 1.15 bits per heavy atom. The number of hydrogen-bond acceptors (Lipinski definition) is 0. The maximum absolute atomic E-state index is 3.27. The molecule has 1 aromatic carbocycles. The first kappa shape index (κ1) is 8.30. The molecule has 2 heteroatoms. The molecule has 2 rings (SSSR count). The van der Waals surface area contributed by atoms with E-state index in [0.29, 0.717) is 0 Å². The van der Waals surface area contributed by atoms with Gasteiger partial charge in [0.2, 0.25) is 5.52 Å². The van der Waals surface area contributed by atoms with Gasteiger partial charge in [-0.25, -0.2) is 0 Å². The normalized spacial score (nSPS) is 12.2. The van der Waals surface area contributed by atoms with Crippen LogP contribution in [0.4, 0.5) is 0 Å². The molecule has 2 aromatic rings. The van der Waals surface area contributed by atoms with Gasteiger partial charge >= 0.3 is 0 Å². The van der Waals surface area contributed by atoms with Crippen molar-refractivity contribution in [3.8, 4) is 0 Å². The van der Waals surface area contributed by atoms with E-state index in [1.54, 1.807) is 0 Å². The highest BCUT2D eigenvalue weighted by atomic mass is 15.3. The van der Waals surface area contributed by atoms with Gasteiger partial charge in [-0.15, -0.1) is 4.68 Å². The van der Waals surface area contributed by atoms with Crippen LogP contribution in [0.5, 0.6) is 0 Å². The Morgan fingerprint density at radius 3 is 2.54 bits per heavy atom. The van der Waals surface area contributed by atoms with Crippen molar-refractivity contribution in [2.45, 2.75) is 26.3 Å². The first-order valence-corrected chi connectivity index (χ1v) is 4.58. The lowest BCUT2D eigenvalue weighted by Gasteiger charge is -2.09. The zero-order chi connectivity index (χ0) is 9.47. The van der Waals surface area contributed by atoms with Gasteiger partial charge in [0, 0.05) is 26.8 Å². The molecule has 0 radical (unpaired) electrons. The average Bonchev–Trinajstić information content (AvgIpc) is 2.45. The van der Waals surface area contributed by atoms with Gasteiger partial charge in [0.25, 0.3) is 0 Å². The maximum Gasteiger partial charge on any atom is 0.238 e. The fraction of sp³-hybridized carbons (Fsp3) is 0.364. The third kappa shape index (κ3) is 1.32. The van der Waals surface area contributed by atoms with E-state index in [1.807, 2.05) is 6.20 Å². The number of hydrogen-bond donors (Lipinski definition) is 1. The molecular formula is C11H15N2+. The number of rotatable bonds is 0. The molecule has 0 unspecified atom stereocenters. The van der Waals surface area contributed by atoms with E-state index in [4.69, 9.17) is 0 Å². The number of aromatic nitrogens is 2. The minimum atomic E-state index is 0.114. The maximum atomic E-state index is 3.27. The Hall–Kier alpha value is -1.31. The molecule has 0 bridgehead atoms. The van der Waals surface area contributed by atoms with E-state index in [-0.39, 0.29) is 5.54 Å². The predicted octanol–water partition coefficient (Wildman–Crippen LogP) is 2.21. The first-order chi connectivity index (χ1) is 6.09. The second kappa shape index (κ2) is 2.59. The van der Waals surface area contributed by atoms with Crippen LogP contribution in [0.2, 0.25) is 0 Å². The molecule has 0 spiro atoms. The zero-order valence-electron chi connectivity index (χ0n) is 8.33. The van der Waals surface area contributed by atoms with Crippen LogP contribution in [-0.2, 0) is 5.54 Å². The minimum absolute atomic E-state index is 0.114. The average molecular weight is 175 g/mol. The molecule has 0 aliphatic rings. The van der Waals surface area contributed by atoms with Crippen molar-refractivity contribution in [3.05, 3.63) is 30.5 Å². The van der Waals surface area contributed by atoms with Crippen molar-refractivity contribution in [1.29, 1.82) is 0 Å². The van der Waals surface area contributed by atoms with Crippen molar-refractivity contribution in [2.24, 2.45) is 0 Å². The summed E-state index contributed by atoms with van der Waals surface area (Å²) in [5, 5.41) is 4.53. The summed E-state index contributed by atoms with van der Waals surface area (Å²) in [5.74, 6) is 0. The van der Waals surface area contributed by atoms with Gasteiger partial charge < -0.3 is 0 Å². The molecule has 0 amide bonds. The van der Waals surface area contributed by atoms with E-state index < -0.39 is 0 Å². The van der Waals surface area contributed by atoms with Gasteiger partial charge in [0.15, 0.2) is 5.54 Å². The van der Waals surface area contributed by atoms with Crippen molar-refractivity contribution in [3.63, 3.8) is 0 Å². The number of aromatic amines is 1. The third-order valence-corrected chi connectivity index (χ3v) is 2.20. The Labute approximate surface area is 78.2 Å². The molecule has 0 atom stereocenters. The van der Waals surface area contributed by atoms with E-state index in [1.165, 1.54) is 10.9 Å². The zero-order valence-corrected chi connectivity index (χ0v) is 8.33. The van der Waals surface area contributed by atoms with Crippen molar-refractivity contribution in [2.75, 3.05) is 0 Å². The molecule has 68 valence electrons. The lowest BCUT2D eigenvalue weighted by Crippen LogP contribution is -2.51. The van der Waals surface area contributed by atoms with Gasteiger partial charge in [-0.05, 0) is 6.07 Å². The van der Waals surface area contributed by atoms with Crippen LogP contribution in [0, 0.1) is 0 Å². The molecule has 0 saturated heterocycles. The lowest BCUT2D eigenvalue weighted by molar-refractivity contribution is -0.781. The highest BCUT2D eigenvalue weighted by molar-refractivity contribution is 5.74. The first-order valence-electron chi connectivity index (χ1n) is 4.58. The molecular weight excluding hydrogens is 160 g/mol. The third-order valence-electron chi connectivity index (χ3n) is 2.20. The number of H-pyrrole nitrogens is 1. The number of fused-ring (bicyclic) bond motifs is 1. The summed E-state index contributed by atoms with van der Waals surface area (Å²) in [7, 11) is 0. The number of benzene rings is 1. The summed E-state index contributed by atoms with van der Waals surface area (Å²) >= 11 is 0. The van der Waals surface area contributed by atoms with Crippen LogP contribution in [0.3, 0.4) is 0 Å². The highest BCUT2D eigenvalue weighted by Crippen LogP contribution is 2.12. The summed E-state index contributed by atoms with van der Waals surface area (Å²) in [6.45, 7) is 6.57. The Balaban J connectivity index is 2.72. The SMILES string of the molecule is CC(C)(C)[n+]1[nH]cc2ccccc21. The minimum Gasteiger partial charge on any atom is -0.171 e. The number of nitrogens with one attached hydrogen (secondary N) is 1. The van der Waals surface area contributed by atoms with Crippen LogP contribution in [0.1, 0.15) is 20.8 Å². The second-order valence-corrected chi connectivity index (χ2v) is 4.34. The van der Waals surface area contributed by atoms with Crippen LogP contribution in [0.15, 0.2) is 30.5 Å². The van der Waals surface area contributed by atoms with Crippen LogP contribution < -0.4 is 4.68 Å². The van der Waals surface area contributed by atoms with Gasteiger partial charge in [0.05, 0.1) is 11.6 Å². The van der Waals surface area contributed by atoms with E-state index in [0.717, 1.165) is 0 Å². The summed E-state index contributed by atoms with van der Waals surface area (Å²) in [5.41, 5.74) is 1.37. The monoisotopic (exact) mass is 175 g/mol. The largest absolute Gasteiger partial charge is 0.238 e. The second-order valence-electron chi connectivity index (χ2n) is 4.34. The van der Waals surface area contributed by atoms with Crippen LogP contribution >= 0.6 is 0 Å². The fourth-order valence-corrected chi connectivity index (χ4v) is 1.57. The van der Waals surface area contributed by atoms with Gasteiger partial charge in [-0.3, -0.25) is 0 Å². The van der Waals surface area contributed by atoms with E-state index >= 15 is 0 Å². The smallest absolute Gasteiger partial charge is 0.171 e. The van der Waals surface area contributed by atoms with E-state index in [2.05, 4.69) is 54.8 Å². The molecule has 13 heavy (non-hydrogen) atoms. The van der Waals surface area contributed by atoms with E-state index in [9.17, 15) is 0 Å². The molecule has 1 heterocycles. The van der Waals surface area contributed by atoms with Gasteiger partial charge in [-0.1, -0.05) is 12.1 Å². The fourth-order valence-electron chi connectivity index (χ4n) is 1.57. The Kier molecular flexibility index (Phi) is 1.65. The van der Waals surface area contributed by atoms with Crippen molar-refractivity contribution < 1.29 is 4.68 Å². The van der Waals surface area contributed by atoms with Gasteiger partial charge in [-0.2, -0.15) is 5.10 Å². The van der Waals surface area contributed by atoms with Gasteiger partial charge in [0.1, 0.15) is 0 Å². The summed E-state index contributed by atoms with van der Waals surface area (Å²) in [6, 6.07) is 8.38. The lowest BCUT2D eigenvalue weighted by atomic mass is 10.1. The molecule has 0 fully saturated rings. The predicted molar refractivity (Wildman–Crippen MR) is 53.5 cm³/mol. The summed E-state index contributed by atoms with van der Waals surface area (Å²) < 4.78 is 2.18. The number of para-hydroxylation sites is 1. The molecule has 0 aliphatic heterocycles. The van der Waals surface area contributed by atoms with Crippen molar-refractivity contribution >= 4 is 10.9 Å². The quantitative estimate of drug-likeness (QED) is 0.592. The molecule has 0 saturated carbocycles. The topological polar surface area (TPSA) is 19.7 Å². The summed E-state index contributed by atoms with van der Waals surface area (Å²) in [6.07, 6.45) is 2.04. The molecule has 1 aromatic heterocycles. The van der Waals surface area contributed by atoms with Crippen LogP contribution in [0.25, 0.3) is 10.9 Å². The summed E-state index contributed by atoms with van der Waals surface area (Å²) in [4.78, 5) is 0.